The van der Waals surface area contributed by atoms with Crippen molar-refractivity contribution in [2.24, 2.45) is 0 Å². The summed E-state index contributed by atoms with van der Waals surface area (Å²) in [6, 6.07) is 2.15. The molecule has 0 bridgehead atoms. The van der Waals surface area contributed by atoms with Crippen LogP contribution in [0.15, 0.2) is 12.1 Å². The van der Waals surface area contributed by atoms with Crippen molar-refractivity contribution in [3.8, 4) is 0 Å². The molecule has 0 aliphatic rings. The van der Waals surface area contributed by atoms with E-state index in [1.807, 2.05) is 0 Å². The second kappa shape index (κ2) is 4.04. The lowest BCUT2D eigenvalue weighted by molar-refractivity contribution is -0.388. The number of benzene rings is 1. The van der Waals surface area contributed by atoms with E-state index < -0.39 is 22.4 Å². The van der Waals surface area contributed by atoms with Crippen molar-refractivity contribution >= 4 is 11.7 Å². The fraction of sp³-hybridized carbons (Fsp3) is 0.222. The van der Waals surface area contributed by atoms with Crippen LogP contribution in [0.3, 0.4) is 0 Å². The van der Waals surface area contributed by atoms with E-state index in [1.54, 1.807) is 0 Å². The summed E-state index contributed by atoms with van der Waals surface area (Å²) in [7, 11) is 0. The average molecular weight is 213 g/mol. The maximum absolute atomic E-state index is 13.0. The minimum Gasteiger partial charge on any atom is -0.481 e. The number of hydrogen-bond acceptors (Lipinski definition) is 3. The largest absolute Gasteiger partial charge is 0.481 e. The second-order valence-electron chi connectivity index (χ2n) is 3.01. The Morgan fingerprint density at radius 3 is 2.67 bits per heavy atom. The zero-order chi connectivity index (χ0) is 11.6. The number of hydrogen-bond donors (Lipinski definition) is 1. The Morgan fingerprint density at radius 1 is 1.60 bits per heavy atom. The van der Waals surface area contributed by atoms with Gasteiger partial charge in [-0.15, -0.1) is 0 Å². The molecule has 0 fully saturated rings. The van der Waals surface area contributed by atoms with Crippen molar-refractivity contribution in [1.82, 2.24) is 0 Å². The summed E-state index contributed by atoms with van der Waals surface area (Å²) in [4.78, 5) is 20.1. The molecule has 1 aromatic carbocycles. The summed E-state index contributed by atoms with van der Waals surface area (Å²) >= 11 is 0. The molecule has 0 unspecified atom stereocenters. The van der Waals surface area contributed by atoms with Gasteiger partial charge in [0.2, 0.25) is 5.82 Å². The highest BCUT2D eigenvalue weighted by Crippen LogP contribution is 2.25. The standard InChI is InChI=1S/C9H8FNO4/c1-5-6(4-8(12)13)2-3-7(10)9(5)11(14)15/h2-3H,4H2,1H3,(H,12,13). The zero-order valence-corrected chi connectivity index (χ0v) is 7.86. The van der Waals surface area contributed by atoms with Crippen LogP contribution >= 0.6 is 0 Å². The van der Waals surface area contributed by atoms with Gasteiger partial charge in [-0.2, -0.15) is 4.39 Å². The molecule has 0 aromatic heterocycles. The molecule has 5 nitrogen and oxygen atoms in total. The lowest BCUT2D eigenvalue weighted by atomic mass is 10.0. The lowest BCUT2D eigenvalue weighted by Gasteiger charge is -2.04. The molecule has 0 aliphatic carbocycles. The molecule has 0 atom stereocenters. The Morgan fingerprint density at radius 2 is 2.20 bits per heavy atom. The van der Waals surface area contributed by atoms with Gasteiger partial charge in [-0.05, 0) is 18.6 Å². The van der Waals surface area contributed by atoms with Crippen LogP contribution in [0, 0.1) is 22.9 Å². The highest BCUT2D eigenvalue weighted by atomic mass is 19.1. The molecule has 80 valence electrons. The van der Waals surface area contributed by atoms with Gasteiger partial charge in [0.25, 0.3) is 0 Å². The van der Waals surface area contributed by atoms with Gasteiger partial charge in [-0.1, -0.05) is 6.07 Å². The average Bonchev–Trinajstić information content (AvgIpc) is 2.09. The minimum atomic E-state index is -1.11. The Hall–Kier alpha value is -1.98. The van der Waals surface area contributed by atoms with Crippen LogP contribution in [-0.4, -0.2) is 16.0 Å². The number of carboxylic acid groups (broad SMARTS) is 1. The lowest BCUT2D eigenvalue weighted by Crippen LogP contribution is -2.05. The maximum atomic E-state index is 13.0. The predicted molar refractivity (Wildman–Crippen MR) is 49.1 cm³/mol. The first-order chi connectivity index (χ1) is 6.93. The van der Waals surface area contributed by atoms with Gasteiger partial charge in [0, 0.05) is 5.56 Å². The molecular formula is C9H8FNO4. The Kier molecular flexibility index (Phi) is 2.99. The van der Waals surface area contributed by atoms with Crippen LogP contribution in [0.25, 0.3) is 0 Å². The summed E-state index contributed by atoms with van der Waals surface area (Å²) in [6.07, 6.45) is -0.354. The number of carbonyl (C=O) groups is 1. The number of nitro groups is 1. The molecule has 0 heterocycles. The van der Waals surface area contributed by atoms with Crippen molar-refractivity contribution < 1.29 is 19.2 Å². The molecule has 1 N–H and O–H groups in total. The highest BCUT2D eigenvalue weighted by molar-refractivity contribution is 5.71. The Balaban J connectivity index is 3.28. The topological polar surface area (TPSA) is 80.4 Å². The van der Waals surface area contributed by atoms with Gasteiger partial charge in [0.15, 0.2) is 0 Å². The molecule has 15 heavy (non-hydrogen) atoms. The van der Waals surface area contributed by atoms with Crippen molar-refractivity contribution in [2.45, 2.75) is 13.3 Å². The smallest absolute Gasteiger partial charge is 0.307 e. The van der Waals surface area contributed by atoms with Crippen molar-refractivity contribution in [1.29, 1.82) is 0 Å². The third-order valence-electron chi connectivity index (χ3n) is 2.02. The van der Waals surface area contributed by atoms with Gasteiger partial charge >= 0.3 is 11.7 Å². The van der Waals surface area contributed by atoms with Crippen LogP contribution in [-0.2, 0) is 11.2 Å². The van der Waals surface area contributed by atoms with Gasteiger partial charge in [0.05, 0.1) is 11.3 Å². The summed E-state index contributed by atoms with van der Waals surface area (Å²) < 4.78 is 13.0. The molecule has 0 spiro atoms. The summed E-state index contributed by atoms with van der Waals surface area (Å²) in [6.45, 7) is 1.33. The van der Waals surface area contributed by atoms with Gasteiger partial charge in [-0.25, -0.2) is 0 Å². The van der Waals surface area contributed by atoms with E-state index in [-0.39, 0.29) is 17.5 Å². The van der Waals surface area contributed by atoms with E-state index >= 15 is 0 Å². The molecule has 1 rings (SSSR count). The number of rotatable bonds is 3. The normalized spacial score (nSPS) is 10.0. The number of nitrogens with zero attached hydrogens (tertiary/aromatic N) is 1. The fourth-order valence-electron chi connectivity index (χ4n) is 1.29. The second-order valence-corrected chi connectivity index (χ2v) is 3.01. The van der Waals surface area contributed by atoms with E-state index in [9.17, 15) is 19.3 Å². The Labute approximate surface area is 84.3 Å². The fourth-order valence-corrected chi connectivity index (χ4v) is 1.29. The first kappa shape index (κ1) is 11.1. The molecule has 0 saturated carbocycles. The van der Waals surface area contributed by atoms with Crippen molar-refractivity contribution in [3.63, 3.8) is 0 Å². The van der Waals surface area contributed by atoms with Crippen LogP contribution in [0.5, 0.6) is 0 Å². The third-order valence-corrected chi connectivity index (χ3v) is 2.02. The Bertz CT molecular complexity index is 430. The molecule has 0 radical (unpaired) electrons. The first-order valence-corrected chi connectivity index (χ1v) is 4.07. The molecule has 0 aliphatic heterocycles. The number of halogens is 1. The monoisotopic (exact) mass is 213 g/mol. The number of aliphatic carboxylic acids is 1. The van der Waals surface area contributed by atoms with Gasteiger partial charge < -0.3 is 5.11 Å². The van der Waals surface area contributed by atoms with Crippen molar-refractivity contribution in [3.05, 3.63) is 39.2 Å². The van der Waals surface area contributed by atoms with E-state index in [4.69, 9.17) is 5.11 Å². The summed E-state index contributed by atoms with van der Waals surface area (Å²) in [5.41, 5.74) is -0.355. The highest BCUT2D eigenvalue weighted by Gasteiger charge is 2.20. The summed E-state index contributed by atoms with van der Waals surface area (Å²) in [5.74, 6) is -2.06. The first-order valence-electron chi connectivity index (χ1n) is 4.07. The van der Waals surface area contributed by atoms with Crippen LogP contribution in [0.4, 0.5) is 10.1 Å². The van der Waals surface area contributed by atoms with E-state index in [0.29, 0.717) is 0 Å². The number of carboxylic acids is 1. The quantitative estimate of drug-likeness (QED) is 0.611. The van der Waals surface area contributed by atoms with Crippen molar-refractivity contribution in [2.75, 3.05) is 0 Å². The third kappa shape index (κ3) is 2.28. The maximum Gasteiger partial charge on any atom is 0.307 e. The molecular weight excluding hydrogens is 205 g/mol. The van der Waals surface area contributed by atoms with Gasteiger partial charge in [-0.3, -0.25) is 14.9 Å². The number of nitro benzene ring substituents is 1. The van der Waals surface area contributed by atoms with Crippen LogP contribution in [0.2, 0.25) is 0 Å². The zero-order valence-electron chi connectivity index (χ0n) is 7.86. The van der Waals surface area contributed by atoms with E-state index in [2.05, 4.69) is 0 Å². The van der Waals surface area contributed by atoms with E-state index in [1.165, 1.54) is 13.0 Å². The molecule has 0 amide bonds. The van der Waals surface area contributed by atoms with Gasteiger partial charge in [0.1, 0.15) is 0 Å². The minimum absolute atomic E-state index is 0.0578. The van der Waals surface area contributed by atoms with Crippen LogP contribution < -0.4 is 0 Å². The SMILES string of the molecule is Cc1c(CC(=O)O)ccc(F)c1[N+](=O)[O-]. The molecule has 0 saturated heterocycles. The van der Waals surface area contributed by atoms with E-state index in [0.717, 1.165) is 6.07 Å². The van der Waals surface area contributed by atoms with Crippen LogP contribution in [0.1, 0.15) is 11.1 Å². The predicted octanol–water partition coefficient (Wildman–Crippen LogP) is 1.67. The summed E-state index contributed by atoms with van der Waals surface area (Å²) in [5, 5.41) is 19.0. The molecule has 6 heteroatoms. The molecule has 1 aromatic rings.